The molecule has 0 bridgehead atoms. The van der Waals surface area contributed by atoms with Crippen molar-refractivity contribution >= 4 is 22.1 Å². The minimum absolute atomic E-state index is 0. The van der Waals surface area contributed by atoms with Gasteiger partial charge in [0.2, 0.25) is 5.89 Å². The summed E-state index contributed by atoms with van der Waals surface area (Å²) in [7, 11) is 0. The fourth-order valence-electron chi connectivity index (χ4n) is 8.67. The van der Waals surface area contributed by atoms with E-state index in [0.717, 1.165) is 77.9 Å². The Kier molecular flexibility index (Phi) is 11.5. The normalized spacial score (nSPS) is 12.2. The number of fused-ring (bicyclic) bond motifs is 2. The Balaban J connectivity index is 0.00000560. The van der Waals surface area contributed by atoms with Gasteiger partial charge in [-0.1, -0.05) is 158 Å². The Hall–Kier alpha value is -6.10. The zero-order valence-corrected chi connectivity index (χ0v) is 40.9. The number of rotatable bonds is 6. The Bertz CT molecular complexity index is 3190. The third-order valence-corrected chi connectivity index (χ3v) is 12.2. The summed E-state index contributed by atoms with van der Waals surface area (Å²) in [4.78, 5) is 15.7. The van der Waals surface area contributed by atoms with Crippen LogP contribution >= 0.6 is 0 Å². The Morgan fingerprint density at radius 3 is 1.91 bits per heavy atom. The van der Waals surface area contributed by atoms with Crippen molar-refractivity contribution in [1.82, 2.24) is 19.5 Å². The number of imidazole rings is 1. The topological polar surface area (TPSA) is 77.0 Å². The van der Waals surface area contributed by atoms with Crippen LogP contribution in [0.25, 0.3) is 84.2 Å². The van der Waals surface area contributed by atoms with Crippen LogP contribution in [-0.2, 0) is 37.3 Å². The first-order valence-corrected chi connectivity index (χ1v) is 21.8. The number of para-hydroxylation sites is 2. The number of aryl methyl sites for hydroxylation is 2. The van der Waals surface area contributed by atoms with Crippen LogP contribution in [0.2, 0.25) is 0 Å². The van der Waals surface area contributed by atoms with Gasteiger partial charge in [-0.25, -0.2) is 9.97 Å². The maximum Gasteiger partial charge on any atom is 0.227 e. The van der Waals surface area contributed by atoms with E-state index in [2.05, 4.69) is 196 Å². The molecule has 0 aliphatic heterocycles. The number of oxazole rings is 1. The number of hydrogen-bond acceptors (Lipinski definition) is 5. The average molecular weight is 1020 g/mol. The van der Waals surface area contributed by atoms with Gasteiger partial charge >= 0.3 is 0 Å². The predicted octanol–water partition coefficient (Wildman–Crippen LogP) is 14.9. The number of hydrogen-bond donors (Lipinski definition) is 1. The molecule has 3 heterocycles. The van der Waals surface area contributed by atoms with Gasteiger partial charge in [0.15, 0.2) is 5.58 Å². The molecular weight excluding hydrogens is 968 g/mol. The van der Waals surface area contributed by atoms with Crippen molar-refractivity contribution in [2.75, 3.05) is 0 Å². The number of aromatic hydroxyl groups is 1. The molecule has 0 radical (unpaired) electrons. The molecule has 6 nitrogen and oxygen atoms in total. The van der Waals surface area contributed by atoms with E-state index in [1.54, 1.807) is 6.20 Å². The van der Waals surface area contributed by atoms with Crippen molar-refractivity contribution in [1.29, 1.82) is 0 Å². The smallest absolute Gasteiger partial charge is 0.227 e. The van der Waals surface area contributed by atoms with E-state index in [9.17, 15) is 5.11 Å². The van der Waals surface area contributed by atoms with Gasteiger partial charge < -0.3 is 9.52 Å². The summed E-state index contributed by atoms with van der Waals surface area (Å²) in [6.45, 7) is 24.0. The van der Waals surface area contributed by atoms with Crippen LogP contribution in [0.5, 0.6) is 5.75 Å². The number of aromatic nitrogens is 4. The molecule has 0 atom stereocenters. The monoisotopic (exact) mass is 1020 g/mol. The third kappa shape index (κ3) is 8.02. The first-order valence-electron chi connectivity index (χ1n) is 21.8. The molecule has 1 N–H and O–H groups in total. The molecule has 3 aromatic heterocycles. The molecule has 0 amide bonds. The molecule has 6 aromatic carbocycles. The second kappa shape index (κ2) is 16.5. The summed E-state index contributed by atoms with van der Waals surface area (Å²) in [5, 5.41) is 12.4. The number of nitrogens with zero attached hydrogens (tertiary/aromatic N) is 4. The van der Waals surface area contributed by atoms with Gasteiger partial charge in [0.25, 0.3) is 0 Å². The molecule has 0 saturated carbocycles. The summed E-state index contributed by atoms with van der Waals surface area (Å²) in [5.41, 5.74) is 15.8. The summed E-state index contributed by atoms with van der Waals surface area (Å²) in [5.74, 6) is 1.48. The molecule has 0 fully saturated rings. The zero-order valence-electron chi connectivity index (χ0n) is 38.6. The Labute approximate surface area is 391 Å². The zero-order chi connectivity index (χ0) is 44.6. The van der Waals surface area contributed by atoms with Crippen molar-refractivity contribution in [2.45, 2.75) is 92.4 Å². The number of phenols is 1. The molecule has 9 rings (SSSR count). The van der Waals surface area contributed by atoms with Crippen LogP contribution in [0.15, 0.2) is 132 Å². The van der Waals surface area contributed by atoms with E-state index < -0.39 is 0 Å². The van der Waals surface area contributed by atoms with Gasteiger partial charge in [-0.15, -0.1) is 29.3 Å². The second-order valence-electron chi connectivity index (χ2n) is 20.0. The van der Waals surface area contributed by atoms with Crippen LogP contribution in [0.1, 0.15) is 90.1 Å². The molecule has 7 heteroatoms. The Morgan fingerprint density at radius 1 is 0.594 bits per heavy atom. The number of phenolic OH excluding ortho intramolecular Hbond substituents is 1. The van der Waals surface area contributed by atoms with Crippen LogP contribution in [-0.4, -0.2) is 24.6 Å². The molecule has 326 valence electrons. The molecule has 0 unspecified atom stereocenters. The third-order valence-electron chi connectivity index (χ3n) is 12.2. The first kappa shape index (κ1) is 44.5. The van der Waals surface area contributed by atoms with Crippen LogP contribution in [0.3, 0.4) is 0 Å². The van der Waals surface area contributed by atoms with E-state index in [1.165, 1.54) is 0 Å². The Morgan fingerprint density at radius 2 is 1.22 bits per heavy atom. The summed E-state index contributed by atoms with van der Waals surface area (Å²) >= 11 is 0. The minimum Gasteiger partial charge on any atom is -0.507 e. The van der Waals surface area contributed by atoms with E-state index in [0.29, 0.717) is 34.1 Å². The standard InChI is InChI=1S/C57H55N4O2.Pt/c1-34-19-17-20-35(2)48(34)54-60-51-47(63-54)27-28-58-49(51)38-29-37(30-39(31-38)55(3,4)5)42-24-18-26-46-50(42)59-53(43-32-40(56(6,7)8)33-44(52(43)62)57(9,10)11)61(46)45-25-16-15-23-41(45)36-21-13-12-14-22-36;/h12-28,30-33,62H,1-11H3;/q-1;. The second-order valence-corrected chi connectivity index (χ2v) is 20.0. The molecule has 0 spiro atoms. The summed E-state index contributed by atoms with van der Waals surface area (Å²) in [6.07, 6.45) is 1.79. The molecule has 0 aliphatic carbocycles. The molecule has 0 saturated heterocycles. The summed E-state index contributed by atoms with van der Waals surface area (Å²) in [6, 6.07) is 45.9. The minimum atomic E-state index is -0.330. The SMILES string of the molecule is Cc1cccc(C)c1-c1nc2c(-c3[c-]c(-c4cccc5c4nc(-c4cc(C(C)(C)C)cc(C(C)(C)C)c4O)n5-c4ccccc4-c4ccccc4)cc(C(C)(C)C)c3)nccc2o1.[Pt]. The van der Waals surface area contributed by atoms with E-state index in [4.69, 9.17) is 19.4 Å². The van der Waals surface area contributed by atoms with Crippen LogP contribution in [0.4, 0.5) is 0 Å². The fraction of sp³-hybridized carbons (Fsp3) is 0.246. The van der Waals surface area contributed by atoms with Gasteiger partial charge in [0, 0.05) is 55.7 Å². The van der Waals surface area contributed by atoms with Crippen LogP contribution < -0.4 is 0 Å². The molecular formula is C57H55N4O2Pt-. The predicted molar refractivity (Wildman–Crippen MR) is 260 cm³/mol. The van der Waals surface area contributed by atoms with Gasteiger partial charge in [0.05, 0.1) is 22.3 Å². The van der Waals surface area contributed by atoms with Gasteiger partial charge in [0.1, 0.15) is 17.1 Å². The van der Waals surface area contributed by atoms with Crippen molar-refractivity contribution in [2.24, 2.45) is 0 Å². The number of benzene rings is 6. The van der Waals surface area contributed by atoms with Crippen LogP contribution in [0, 0.1) is 19.9 Å². The summed E-state index contributed by atoms with van der Waals surface area (Å²) < 4.78 is 8.69. The van der Waals surface area contributed by atoms with Crippen molar-refractivity contribution < 1.29 is 30.6 Å². The largest absolute Gasteiger partial charge is 0.507 e. The number of pyridine rings is 1. The van der Waals surface area contributed by atoms with Crippen molar-refractivity contribution in [3.05, 3.63) is 161 Å². The van der Waals surface area contributed by atoms with Gasteiger partial charge in [-0.2, -0.15) is 0 Å². The maximum absolute atomic E-state index is 12.4. The molecule has 9 aromatic rings. The molecule has 64 heavy (non-hydrogen) atoms. The van der Waals surface area contributed by atoms with Crippen molar-refractivity contribution in [3.8, 4) is 67.8 Å². The van der Waals surface area contributed by atoms with E-state index >= 15 is 0 Å². The van der Waals surface area contributed by atoms with E-state index in [-0.39, 0.29) is 43.1 Å². The fourth-order valence-corrected chi connectivity index (χ4v) is 8.67. The van der Waals surface area contributed by atoms with Gasteiger partial charge in [-0.05, 0) is 70.5 Å². The first-order chi connectivity index (χ1) is 29.9. The van der Waals surface area contributed by atoms with Crippen molar-refractivity contribution in [3.63, 3.8) is 0 Å². The average Bonchev–Trinajstić information content (AvgIpc) is 3.85. The van der Waals surface area contributed by atoms with Gasteiger partial charge in [-0.3, -0.25) is 9.55 Å². The quantitative estimate of drug-likeness (QED) is 0.168. The molecule has 0 aliphatic rings. The maximum atomic E-state index is 12.4. The van der Waals surface area contributed by atoms with E-state index in [1.807, 2.05) is 12.1 Å².